The molecule has 0 bridgehead atoms. The molecule has 0 saturated carbocycles. The van der Waals surface area contributed by atoms with Crippen LogP contribution in [0.1, 0.15) is 0 Å². The molecule has 0 aliphatic rings. The van der Waals surface area contributed by atoms with Gasteiger partial charge in [-0.15, -0.1) is 0 Å². The van der Waals surface area contributed by atoms with E-state index in [4.69, 9.17) is 0 Å². The Morgan fingerprint density at radius 1 is 0.545 bits per heavy atom. The van der Waals surface area contributed by atoms with Gasteiger partial charge in [0.2, 0.25) is 0 Å². The van der Waals surface area contributed by atoms with Crippen LogP contribution in [0.3, 0.4) is 0 Å². The molecule has 0 saturated heterocycles. The summed E-state index contributed by atoms with van der Waals surface area (Å²) in [4.78, 5) is 0. The molecule has 0 nitrogen and oxygen atoms in total. The fourth-order valence-electron chi connectivity index (χ4n) is 2.65. The topological polar surface area (TPSA) is 0 Å². The van der Waals surface area contributed by atoms with Crippen LogP contribution in [0.4, 0.5) is 0 Å². The van der Waals surface area contributed by atoms with Crippen molar-refractivity contribution in [3.05, 3.63) is 91.0 Å². The predicted molar refractivity (Wildman–Crippen MR) is 96.3 cm³/mol. The molecule has 0 radical (unpaired) electrons. The first kappa shape index (κ1) is 18.2. The Labute approximate surface area is 156 Å². The van der Waals surface area contributed by atoms with Crippen LogP contribution >= 0.6 is 13.0 Å². The fraction of sp³-hybridized carbons (Fsp3) is 0. The van der Waals surface area contributed by atoms with Crippen LogP contribution < -0.4 is 15.9 Å². The van der Waals surface area contributed by atoms with Crippen LogP contribution in [0, 0.1) is 0 Å². The number of benzene rings is 3. The van der Waals surface area contributed by atoms with E-state index in [2.05, 4.69) is 98.5 Å². The Kier molecular flexibility index (Phi) is 7.12. The average molecular weight is 595 g/mol. The van der Waals surface area contributed by atoms with Gasteiger partial charge >= 0.3 is 137 Å². The number of rotatable bonds is 4. The van der Waals surface area contributed by atoms with Gasteiger partial charge < -0.3 is 0 Å². The second-order valence-electron chi connectivity index (χ2n) is 4.82. The summed E-state index contributed by atoms with van der Waals surface area (Å²) in [7, 11) is 3.13. The minimum absolute atomic E-state index is 0. The van der Waals surface area contributed by atoms with Crippen molar-refractivity contribution in [2.24, 2.45) is 0 Å². The molecule has 0 aliphatic carbocycles. The maximum absolute atomic E-state index is 3.13. The van der Waals surface area contributed by atoms with Gasteiger partial charge in [0, 0.05) is 20.4 Å². The second-order valence-corrected chi connectivity index (χ2v) is 20.2. The summed E-state index contributed by atoms with van der Waals surface area (Å²) in [6.07, 6.45) is 0. The third kappa shape index (κ3) is 3.50. The van der Waals surface area contributed by atoms with Gasteiger partial charge in [0.1, 0.15) is 0 Å². The molecule has 1 atom stereocenters. The normalized spacial score (nSPS) is 11.7. The molecule has 3 aromatic rings. The quantitative estimate of drug-likeness (QED) is 0.321. The van der Waals surface area contributed by atoms with Gasteiger partial charge in [0.15, 0.2) is 0 Å². The molecule has 3 aromatic carbocycles. The van der Waals surface area contributed by atoms with E-state index >= 15 is 0 Å². The molecule has 1 unspecified atom stereocenters. The Balaban J connectivity index is 0.00000176. The Bertz CT molecular complexity index is 593. The molecule has 3 rings (SSSR count). The van der Waals surface area contributed by atoms with Crippen LogP contribution in [0.15, 0.2) is 91.0 Å². The van der Waals surface area contributed by atoms with E-state index in [9.17, 15) is 0 Å². The molecule has 0 heterocycles. The minimum Gasteiger partial charge on any atom is 0 e. The molecule has 22 heavy (non-hydrogen) atoms. The van der Waals surface area contributed by atoms with Gasteiger partial charge in [-0.3, -0.25) is 0 Å². The zero-order valence-corrected chi connectivity index (χ0v) is 18.0. The van der Waals surface area contributed by atoms with Crippen LogP contribution in [-0.4, -0.2) is 0 Å². The summed E-state index contributed by atoms with van der Waals surface area (Å²) >= 11 is -0.178. The first-order valence-corrected chi connectivity index (χ1v) is 16.8. The zero-order valence-electron chi connectivity index (χ0n) is 11.9. The summed E-state index contributed by atoms with van der Waals surface area (Å²) in [6, 6.07) is 33.3. The number of hydrogen-bond donors (Lipinski definition) is 0. The van der Waals surface area contributed by atoms with Gasteiger partial charge in [-0.2, -0.15) is 0 Å². The summed E-state index contributed by atoms with van der Waals surface area (Å²) < 4.78 is 0. The van der Waals surface area contributed by atoms with E-state index in [1.165, 1.54) is 15.9 Å². The van der Waals surface area contributed by atoms with Crippen LogP contribution in [0.25, 0.3) is 0 Å². The van der Waals surface area contributed by atoms with Crippen molar-refractivity contribution in [3.8, 4) is 0 Å². The van der Waals surface area contributed by atoms with Gasteiger partial charge in [-0.1, -0.05) is 0 Å². The smallest absolute Gasteiger partial charge is 0 e. The molecule has 0 aromatic heterocycles. The van der Waals surface area contributed by atoms with E-state index in [0.29, 0.717) is 0 Å². The maximum atomic E-state index is 3.13. The van der Waals surface area contributed by atoms with Gasteiger partial charge in [-0.05, 0) is 0 Å². The number of hydrogen-bond acceptors (Lipinski definition) is 0. The Morgan fingerprint density at radius 2 is 0.818 bits per heavy atom. The van der Waals surface area contributed by atoms with E-state index in [1.54, 1.807) is 0 Å². The summed E-state index contributed by atoms with van der Waals surface area (Å²) in [6.45, 7) is 0. The summed E-state index contributed by atoms with van der Waals surface area (Å²) in [5.41, 5.74) is -1.81. The molecular formula is C18H18IrP2Pd. The molecular weight excluding hydrogens is 577 g/mol. The largest absolute Gasteiger partial charge is 0 e. The first-order chi connectivity index (χ1) is 10.4. The van der Waals surface area contributed by atoms with Crippen LogP contribution in [0.2, 0.25) is 0 Å². The van der Waals surface area contributed by atoms with Crippen LogP contribution in [0.5, 0.6) is 0 Å². The van der Waals surface area contributed by atoms with Crippen molar-refractivity contribution in [3.63, 3.8) is 0 Å². The molecule has 119 valence electrons. The van der Waals surface area contributed by atoms with Crippen LogP contribution in [-0.2, 0) is 37.1 Å². The van der Waals surface area contributed by atoms with Gasteiger partial charge in [0.25, 0.3) is 0 Å². The van der Waals surface area contributed by atoms with Crippen molar-refractivity contribution in [2.45, 2.75) is 0 Å². The van der Waals surface area contributed by atoms with Gasteiger partial charge in [0.05, 0.1) is 0 Å². The van der Waals surface area contributed by atoms with Crippen molar-refractivity contribution in [1.82, 2.24) is 0 Å². The predicted octanol–water partition coefficient (Wildman–Crippen LogP) is 3.50. The first-order valence-electron chi connectivity index (χ1n) is 6.84. The van der Waals surface area contributed by atoms with E-state index in [0.717, 1.165) is 0 Å². The van der Waals surface area contributed by atoms with Crippen molar-refractivity contribution < 1.29 is 37.1 Å². The van der Waals surface area contributed by atoms with E-state index < -0.39 is 5.50 Å². The molecule has 0 fully saturated rings. The molecule has 0 amide bonds. The minimum atomic E-state index is -1.81. The van der Waals surface area contributed by atoms with Crippen molar-refractivity contribution >= 4 is 28.9 Å². The maximum Gasteiger partial charge on any atom is 0 e. The summed E-state index contributed by atoms with van der Waals surface area (Å²) in [5, 5.41) is 4.58. The van der Waals surface area contributed by atoms with E-state index in [-0.39, 0.29) is 37.1 Å². The monoisotopic (exact) mass is 595 g/mol. The molecule has 4 heteroatoms. The second kappa shape index (κ2) is 8.62. The fourth-order valence-corrected chi connectivity index (χ4v) is 21.3. The van der Waals surface area contributed by atoms with Crippen molar-refractivity contribution in [2.75, 3.05) is 0 Å². The van der Waals surface area contributed by atoms with E-state index in [1.807, 2.05) is 0 Å². The Morgan fingerprint density at radius 3 is 1.05 bits per heavy atom. The van der Waals surface area contributed by atoms with Gasteiger partial charge in [-0.25, -0.2) is 0 Å². The Hall–Kier alpha value is -0.168. The zero-order chi connectivity index (χ0) is 14.5. The average Bonchev–Trinajstić information content (AvgIpc) is 2.59. The standard InChI is InChI=1S/C18H15P.Ir.H2P.Pd/c1-4-10-16(11-5-1)19(17-12-6-2-7-13-17)18-14-8-3-9-15-18;;;/h1-15H;;1H2;/q;;-1;/p+1. The molecule has 0 spiro atoms. The third-order valence-electron chi connectivity index (χ3n) is 3.62. The summed E-state index contributed by atoms with van der Waals surface area (Å²) in [5.74, 6) is 0. The SMILES string of the molecule is [PH2][Ir][PH](c1ccccc1)(c1ccccc1)c1ccccc1.[Pd]. The molecule has 0 N–H and O–H groups in total. The third-order valence-corrected chi connectivity index (χ3v) is 23.6. The van der Waals surface area contributed by atoms with Crippen molar-refractivity contribution in [1.29, 1.82) is 0 Å². The molecule has 0 aliphatic heterocycles.